The van der Waals surface area contributed by atoms with Crippen LogP contribution in [0.25, 0.3) is 0 Å². The van der Waals surface area contributed by atoms with Crippen molar-refractivity contribution in [2.45, 2.75) is 24.9 Å². The molecular formula is C12H12BrF3O2. The van der Waals surface area contributed by atoms with E-state index in [-0.39, 0.29) is 23.7 Å². The molecule has 0 saturated heterocycles. The first kappa shape index (κ1) is 15.0. The molecule has 0 fully saturated rings. The minimum absolute atomic E-state index is 0.105. The molecule has 0 aliphatic carbocycles. The number of ketones is 1. The van der Waals surface area contributed by atoms with Gasteiger partial charge in [0.25, 0.3) is 0 Å². The van der Waals surface area contributed by atoms with Crippen molar-refractivity contribution in [2.24, 2.45) is 0 Å². The summed E-state index contributed by atoms with van der Waals surface area (Å²) < 4.78 is 43.2. The Kier molecular flexibility index (Phi) is 4.78. The van der Waals surface area contributed by atoms with Crippen LogP contribution >= 0.6 is 15.9 Å². The Morgan fingerprint density at radius 2 is 2.00 bits per heavy atom. The number of Topliss-reactive ketones (excluding diaryl/α,β-unsaturated/α-hetero) is 1. The molecule has 1 aromatic carbocycles. The molecule has 0 bridgehead atoms. The summed E-state index contributed by atoms with van der Waals surface area (Å²) in [7, 11) is 0. The van der Waals surface area contributed by atoms with Crippen LogP contribution in [0, 0.1) is 0 Å². The second kappa shape index (κ2) is 5.73. The smallest absolute Gasteiger partial charge is 0.416 e. The van der Waals surface area contributed by atoms with E-state index in [1.807, 2.05) is 0 Å². The van der Waals surface area contributed by atoms with E-state index < -0.39 is 16.6 Å². The molecule has 0 aliphatic rings. The minimum atomic E-state index is -4.47. The third-order valence-electron chi connectivity index (χ3n) is 2.22. The molecule has 0 spiro atoms. The molecule has 18 heavy (non-hydrogen) atoms. The monoisotopic (exact) mass is 324 g/mol. The number of carbonyl (C=O) groups is 1. The van der Waals surface area contributed by atoms with Crippen molar-refractivity contribution < 1.29 is 22.7 Å². The highest BCUT2D eigenvalue weighted by Gasteiger charge is 2.32. The van der Waals surface area contributed by atoms with Gasteiger partial charge in [0.15, 0.2) is 0 Å². The lowest BCUT2D eigenvalue weighted by Gasteiger charge is -2.14. The predicted molar refractivity (Wildman–Crippen MR) is 65.0 cm³/mol. The van der Waals surface area contributed by atoms with Gasteiger partial charge in [-0.3, -0.25) is 4.79 Å². The van der Waals surface area contributed by atoms with Gasteiger partial charge in [-0.2, -0.15) is 13.2 Å². The van der Waals surface area contributed by atoms with E-state index in [1.54, 1.807) is 6.92 Å². The average Bonchev–Trinajstić information content (AvgIpc) is 2.26. The van der Waals surface area contributed by atoms with Gasteiger partial charge in [-0.25, -0.2) is 0 Å². The Bertz CT molecular complexity index is 443. The first-order valence-corrected chi connectivity index (χ1v) is 6.16. The van der Waals surface area contributed by atoms with Crippen LogP contribution in [0.15, 0.2) is 18.2 Å². The van der Waals surface area contributed by atoms with E-state index in [1.165, 1.54) is 13.0 Å². The molecule has 0 saturated carbocycles. The van der Waals surface area contributed by atoms with Crippen LogP contribution in [-0.4, -0.2) is 12.4 Å². The van der Waals surface area contributed by atoms with Crippen LogP contribution in [0.5, 0.6) is 5.75 Å². The van der Waals surface area contributed by atoms with Crippen molar-refractivity contribution in [3.63, 3.8) is 0 Å². The highest BCUT2D eigenvalue weighted by molar-refractivity contribution is 9.09. The molecule has 0 amide bonds. The van der Waals surface area contributed by atoms with E-state index in [9.17, 15) is 18.0 Å². The van der Waals surface area contributed by atoms with Gasteiger partial charge in [0.05, 0.1) is 17.0 Å². The summed E-state index contributed by atoms with van der Waals surface area (Å²) in [5.74, 6) is -0.162. The summed E-state index contributed by atoms with van der Waals surface area (Å²) in [5.41, 5.74) is -0.588. The molecule has 0 N–H and O–H groups in total. The predicted octanol–water partition coefficient (Wildman–Crippen LogP) is 4.13. The number of rotatable bonds is 4. The van der Waals surface area contributed by atoms with Crippen molar-refractivity contribution in [3.05, 3.63) is 29.3 Å². The Morgan fingerprint density at radius 3 is 2.44 bits per heavy atom. The van der Waals surface area contributed by atoms with E-state index in [0.717, 1.165) is 12.1 Å². The Labute approximate surface area is 111 Å². The largest absolute Gasteiger partial charge is 0.494 e. The van der Waals surface area contributed by atoms with Crippen LogP contribution in [0.4, 0.5) is 13.2 Å². The third kappa shape index (κ3) is 3.73. The summed E-state index contributed by atoms with van der Waals surface area (Å²) in [5, 5.41) is 0. The standard InChI is InChI=1S/C12H12BrF3O2/c1-3-18-10-5-8(11(13)7(2)17)4-9(6-10)12(14,15)16/h4-6,11H,3H2,1-2H3. The Morgan fingerprint density at radius 1 is 1.39 bits per heavy atom. The molecule has 1 rings (SSSR count). The lowest BCUT2D eigenvalue weighted by molar-refractivity contribution is -0.137. The summed E-state index contributed by atoms with van der Waals surface area (Å²) in [6.07, 6.45) is -4.47. The van der Waals surface area contributed by atoms with Crippen LogP contribution < -0.4 is 4.74 Å². The molecule has 2 nitrogen and oxygen atoms in total. The fourth-order valence-corrected chi connectivity index (χ4v) is 1.68. The number of carbonyl (C=O) groups excluding carboxylic acids is 1. The fraction of sp³-hybridized carbons (Fsp3) is 0.417. The number of hydrogen-bond acceptors (Lipinski definition) is 2. The molecule has 1 atom stereocenters. The number of hydrogen-bond donors (Lipinski definition) is 0. The SMILES string of the molecule is CCOc1cc(C(Br)C(C)=O)cc(C(F)(F)F)c1. The van der Waals surface area contributed by atoms with Gasteiger partial charge in [-0.15, -0.1) is 0 Å². The van der Waals surface area contributed by atoms with Crippen molar-refractivity contribution in [1.29, 1.82) is 0 Å². The quantitative estimate of drug-likeness (QED) is 0.778. The third-order valence-corrected chi connectivity index (χ3v) is 3.39. The fourth-order valence-electron chi connectivity index (χ4n) is 1.42. The Hall–Kier alpha value is -1.04. The van der Waals surface area contributed by atoms with Gasteiger partial charge in [-0.1, -0.05) is 15.9 Å². The van der Waals surface area contributed by atoms with Crippen molar-refractivity contribution in [2.75, 3.05) is 6.61 Å². The number of benzene rings is 1. The average molecular weight is 325 g/mol. The molecule has 100 valence electrons. The minimum Gasteiger partial charge on any atom is -0.494 e. The van der Waals surface area contributed by atoms with Crippen LogP contribution in [0.1, 0.15) is 29.8 Å². The van der Waals surface area contributed by atoms with Gasteiger partial charge < -0.3 is 4.74 Å². The first-order valence-electron chi connectivity index (χ1n) is 5.25. The van der Waals surface area contributed by atoms with E-state index in [2.05, 4.69) is 15.9 Å². The number of alkyl halides is 4. The van der Waals surface area contributed by atoms with Crippen molar-refractivity contribution >= 4 is 21.7 Å². The molecule has 0 aliphatic heterocycles. The maximum absolute atomic E-state index is 12.7. The molecule has 0 aromatic heterocycles. The lowest BCUT2D eigenvalue weighted by Crippen LogP contribution is -2.09. The zero-order valence-corrected chi connectivity index (χ0v) is 11.4. The normalized spacial score (nSPS) is 13.2. The van der Waals surface area contributed by atoms with Crippen molar-refractivity contribution in [1.82, 2.24) is 0 Å². The molecule has 0 heterocycles. The van der Waals surface area contributed by atoms with Gasteiger partial charge in [-0.05, 0) is 37.6 Å². The second-order valence-corrected chi connectivity index (χ2v) is 4.61. The number of halogens is 4. The second-order valence-electron chi connectivity index (χ2n) is 3.69. The van der Waals surface area contributed by atoms with Crippen LogP contribution in [0.3, 0.4) is 0 Å². The molecule has 0 radical (unpaired) electrons. The number of ether oxygens (including phenoxy) is 1. The molecule has 6 heteroatoms. The van der Waals surface area contributed by atoms with Gasteiger partial charge in [0.2, 0.25) is 0 Å². The maximum atomic E-state index is 12.7. The molecular weight excluding hydrogens is 313 g/mol. The lowest BCUT2D eigenvalue weighted by atomic mass is 10.1. The van der Waals surface area contributed by atoms with Crippen LogP contribution in [0.2, 0.25) is 0 Å². The first-order chi connectivity index (χ1) is 8.25. The van der Waals surface area contributed by atoms with Gasteiger partial charge in [0.1, 0.15) is 11.5 Å². The highest BCUT2D eigenvalue weighted by atomic mass is 79.9. The summed E-state index contributed by atoms with van der Waals surface area (Å²) in [6.45, 7) is 3.24. The van der Waals surface area contributed by atoms with Crippen LogP contribution in [-0.2, 0) is 11.0 Å². The molecule has 1 aromatic rings. The maximum Gasteiger partial charge on any atom is 0.416 e. The Balaban J connectivity index is 3.26. The van der Waals surface area contributed by atoms with E-state index in [0.29, 0.717) is 0 Å². The highest BCUT2D eigenvalue weighted by Crippen LogP contribution is 2.36. The van der Waals surface area contributed by atoms with Gasteiger partial charge in [0, 0.05) is 0 Å². The summed E-state index contributed by atoms with van der Waals surface area (Å²) in [6, 6.07) is 3.30. The topological polar surface area (TPSA) is 26.3 Å². The van der Waals surface area contributed by atoms with Crippen molar-refractivity contribution in [3.8, 4) is 5.75 Å². The van der Waals surface area contributed by atoms with E-state index in [4.69, 9.17) is 4.74 Å². The summed E-state index contributed by atoms with van der Waals surface area (Å²) >= 11 is 3.06. The summed E-state index contributed by atoms with van der Waals surface area (Å²) in [4.78, 5) is 10.4. The zero-order valence-electron chi connectivity index (χ0n) is 9.84. The van der Waals surface area contributed by atoms with Gasteiger partial charge >= 0.3 is 6.18 Å². The van der Waals surface area contributed by atoms with E-state index >= 15 is 0 Å². The zero-order chi connectivity index (χ0) is 13.9. The molecule has 1 unspecified atom stereocenters.